The fourth-order valence-corrected chi connectivity index (χ4v) is 1.29. The van der Waals surface area contributed by atoms with Crippen LogP contribution < -0.4 is 9.47 Å². The van der Waals surface area contributed by atoms with Crippen LogP contribution in [0.25, 0.3) is 0 Å². The molecule has 0 spiro atoms. The number of ether oxygens (including phenoxy) is 3. The maximum atomic E-state index is 11.1. The zero-order valence-corrected chi connectivity index (χ0v) is 10.3. The second-order valence-electron chi connectivity index (χ2n) is 3.25. The Morgan fingerprint density at radius 1 is 1.44 bits per heavy atom. The van der Waals surface area contributed by atoms with Gasteiger partial charge in [0.2, 0.25) is 0 Å². The number of methoxy groups -OCH3 is 1. The van der Waals surface area contributed by atoms with Crippen molar-refractivity contribution in [2.45, 2.75) is 6.92 Å². The van der Waals surface area contributed by atoms with E-state index in [2.05, 4.69) is 5.16 Å². The summed E-state index contributed by atoms with van der Waals surface area (Å²) in [5.74, 6) is 0.415. The summed E-state index contributed by atoms with van der Waals surface area (Å²) >= 11 is 0. The Bertz CT molecular complexity index is 430. The number of carbonyl (C=O) groups is 1. The molecule has 0 fully saturated rings. The fourth-order valence-electron chi connectivity index (χ4n) is 1.29. The van der Waals surface area contributed by atoms with Crippen LogP contribution in [-0.2, 0) is 9.53 Å². The summed E-state index contributed by atoms with van der Waals surface area (Å²) in [5.41, 5.74) is 0.651. The molecular formula is C12H15NO5. The largest absolute Gasteiger partial charge is 0.493 e. The highest BCUT2D eigenvalue weighted by atomic mass is 16.6. The van der Waals surface area contributed by atoms with Gasteiger partial charge in [0.05, 0.1) is 19.9 Å². The SMILES string of the molecule is CCOC(=O)COc1ccc(/C=N/O)cc1OC. The second-order valence-corrected chi connectivity index (χ2v) is 3.25. The molecule has 0 aliphatic heterocycles. The van der Waals surface area contributed by atoms with Crippen molar-refractivity contribution in [2.75, 3.05) is 20.3 Å². The van der Waals surface area contributed by atoms with Gasteiger partial charge in [0.25, 0.3) is 0 Å². The Balaban J connectivity index is 2.73. The van der Waals surface area contributed by atoms with Gasteiger partial charge in [-0.25, -0.2) is 4.79 Å². The van der Waals surface area contributed by atoms with Gasteiger partial charge in [-0.2, -0.15) is 0 Å². The fraction of sp³-hybridized carbons (Fsp3) is 0.333. The lowest BCUT2D eigenvalue weighted by Gasteiger charge is -2.10. The predicted octanol–water partition coefficient (Wildman–Crippen LogP) is 1.45. The van der Waals surface area contributed by atoms with Crippen LogP contribution >= 0.6 is 0 Å². The summed E-state index contributed by atoms with van der Waals surface area (Å²) in [5, 5.41) is 11.3. The van der Waals surface area contributed by atoms with Gasteiger partial charge in [-0.05, 0) is 25.1 Å². The molecule has 0 saturated carbocycles. The van der Waals surface area contributed by atoms with E-state index in [-0.39, 0.29) is 6.61 Å². The van der Waals surface area contributed by atoms with Crippen LogP contribution in [0.2, 0.25) is 0 Å². The Labute approximate surface area is 105 Å². The van der Waals surface area contributed by atoms with E-state index < -0.39 is 5.97 Å². The predicted molar refractivity (Wildman–Crippen MR) is 64.5 cm³/mol. The van der Waals surface area contributed by atoms with Crippen LogP contribution in [0.4, 0.5) is 0 Å². The summed E-state index contributed by atoms with van der Waals surface area (Å²) in [6, 6.07) is 4.91. The minimum absolute atomic E-state index is 0.183. The lowest BCUT2D eigenvalue weighted by atomic mass is 10.2. The molecule has 1 N–H and O–H groups in total. The van der Waals surface area contributed by atoms with Crippen LogP contribution in [0.3, 0.4) is 0 Å². The minimum atomic E-state index is -0.444. The highest BCUT2D eigenvalue weighted by Gasteiger charge is 2.08. The van der Waals surface area contributed by atoms with Crippen molar-refractivity contribution in [3.63, 3.8) is 0 Å². The van der Waals surface area contributed by atoms with Crippen molar-refractivity contribution in [1.82, 2.24) is 0 Å². The van der Waals surface area contributed by atoms with E-state index >= 15 is 0 Å². The van der Waals surface area contributed by atoms with Gasteiger partial charge >= 0.3 is 5.97 Å². The standard InChI is InChI=1S/C12H15NO5/c1-3-17-12(14)8-18-10-5-4-9(7-13-15)6-11(10)16-2/h4-7,15H,3,8H2,1-2H3/b13-7+. The highest BCUT2D eigenvalue weighted by Crippen LogP contribution is 2.27. The third-order valence-electron chi connectivity index (χ3n) is 2.05. The maximum absolute atomic E-state index is 11.1. The first kappa shape index (κ1) is 13.8. The molecule has 0 unspecified atom stereocenters. The minimum Gasteiger partial charge on any atom is -0.493 e. The molecule has 0 aliphatic carbocycles. The molecule has 98 valence electrons. The molecular weight excluding hydrogens is 238 g/mol. The zero-order valence-electron chi connectivity index (χ0n) is 10.3. The summed E-state index contributed by atoms with van der Waals surface area (Å²) in [6.07, 6.45) is 1.26. The Hall–Kier alpha value is -2.24. The molecule has 0 radical (unpaired) electrons. The lowest BCUT2D eigenvalue weighted by Crippen LogP contribution is -2.14. The number of oxime groups is 1. The van der Waals surface area contributed by atoms with Crippen molar-refractivity contribution in [3.8, 4) is 11.5 Å². The van der Waals surface area contributed by atoms with Crippen LogP contribution in [-0.4, -0.2) is 37.7 Å². The number of benzene rings is 1. The molecule has 0 heterocycles. The summed E-state index contributed by atoms with van der Waals surface area (Å²) in [6.45, 7) is 1.85. The Morgan fingerprint density at radius 2 is 2.22 bits per heavy atom. The average Bonchev–Trinajstić information content (AvgIpc) is 2.37. The molecule has 0 aromatic heterocycles. The van der Waals surface area contributed by atoms with Gasteiger partial charge in [-0.1, -0.05) is 5.16 Å². The van der Waals surface area contributed by atoms with Gasteiger partial charge in [-0.15, -0.1) is 0 Å². The van der Waals surface area contributed by atoms with Crippen molar-refractivity contribution in [1.29, 1.82) is 0 Å². The molecule has 0 amide bonds. The van der Waals surface area contributed by atoms with Gasteiger partial charge in [0.15, 0.2) is 18.1 Å². The lowest BCUT2D eigenvalue weighted by molar-refractivity contribution is -0.145. The highest BCUT2D eigenvalue weighted by molar-refractivity contribution is 5.80. The third kappa shape index (κ3) is 3.97. The quantitative estimate of drug-likeness (QED) is 0.359. The third-order valence-corrected chi connectivity index (χ3v) is 2.05. The number of nitrogens with zero attached hydrogens (tertiary/aromatic N) is 1. The monoisotopic (exact) mass is 253 g/mol. The molecule has 1 aromatic rings. The zero-order chi connectivity index (χ0) is 13.4. The molecule has 0 aliphatic rings. The molecule has 1 rings (SSSR count). The van der Waals surface area contributed by atoms with E-state index in [1.54, 1.807) is 25.1 Å². The van der Waals surface area contributed by atoms with E-state index in [0.717, 1.165) is 0 Å². The molecule has 0 bridgehead atoms. The number of esters is 1. The Kier molecular flexibility index (Phi) is 5.50. The van der Waals surface area contributed by atoms with Gasteiger partial charge in [0.1, 0.15) is 0 Å². The van der Waals surface area contributed by atoms with Crippen molar-refractivity contribution in [2.24, 2.45) is 5.16 Å². The molecule has 6 nitrogen and oxygen atoms in total. The Morgan fingerprint density at radius 3 is 2.83 bits per heavy atom. The molecule has 0 atom stereocenters. The molecule has 6 heteroatoms. The number of rotatable bonds is 6. The average molecular weight is 253 g/mol. The van der Waals surface area contributed by atoms with Crippen molar-refractivity contribution in [3.05, 3.63) is 23.8 Å². The van der Waals surface area contributed by atoms with Crippen LogP contribution in [0.1, 0.15) is 12.5 Å². The first-order valence-corrected chi connectivity index (χ1v) is 5.35. The summed E-state index contributed by atoms with van der Waals surface area (Å²) in [7, 11) is 1.48. The van der Waals surface area contributed by atoms with Gasteiger partial charge < -0.3 is 19.4 Å². The van der Waals surface area contributed by atoms with E-state index in [4.69, 9.17) is 19.4 Å². The summed E-state index contributed by atoms with van der Waals surface area (Å²) < 4.78 is 15.1. The van der Waals surface area contributed by atoms with Crippen LogP contribution in [0.5, 0.6) is 11.5 Å². The topological polar surface area (TPSA) is 77.4 Å². The molecule has 0 saturated heterocycles. The van der Waals surface area contributed by atoms with Gasteiger partial charge in [0, 0.05) is 5.56 Å². The second kappa shape index (κ2) is 7.16. The van der Waals surface area contributed by atoms with E-state index in [9.17, 15) is 4.79 Å². The van der Waals surface area contributed by atoms with E-state index in [1.807, 2.05) is 0 Å². The smallest absolute Gasteiger partial charge is 0.344 e. The number of hydrogen-bond donors (Lipinski definition) is 1. The number of carbonyl (C=O) groups excluding carboxylic acids is 1. The molecule has 18 heavy (non-hydrogen) atoms. The van der Waals surface area contributed by atoms with E-state index in [0.29, 0.717) is 23.7 Å². The maximum Gasteiger partial charge on any atom is 0.344 e. The van der Waals surface area contributed by atoms with Gasteiger partial charge in [-0.3, -0.25) is 0 Å². The first-order valence-electron chi connectivity index (χ1n) is 5.35. The van der Waals surface area contributed by atoms with Crippen LogP contribution in [0, 0.1) is 0 Å². The van der Waals surface area contributed by atoms with Crippen LogP contribution in [0.15, 0.2) is 23.4 Å². The number of hydrogen-bond acceptors (Lipinski definition) is 6. The van der Waals surface area contributed by atoms with Crippen molar-refractivity contribution < 1.29 is 24.2 Å². The molecule has 1 aromatic carbocycles. The first-order chi connectivity index (χ1) is 8.71. The summed E-state index contributed by atoms with van der Waals surface area (Å²) in [4.78, 5) is 11.1. The normalized spacial score (nSPS) is 10.3. The van der Waals surface area contributed by atoms with E-state index in [1.165, 1.54) is 13.3 Å². The van der Waals surface area contributed by atoms with Crippen molar-refractivity contribution >= 4 is 12.2 Å².